The van der Waals surface area contributed by atoms with Gasteiger partial charge in [-0.05, 0) is 42.2 Å². The first-order valence-electron chi connectivity index (χ1n) is 9.15. The molecule has 2 aromatic carbocycles. The van der Waals surface area contributed by atoms with Crippen molar-refractivity contribution in [2.24, 2.45) is 5.92 Å². The van der Waals surface area contributed by atoms with Gasteiger partial charge in [-0.2, -0.15) is 0 Å². The van der Waals surface area contributed by atoms with Gasteiger partial charge in [-0.25, -0.2) is 4.98 Å². The predicted octanol–water partition coefficient (Wildman–Crippen LogP) is 3.63. The molecule has 1 aromatic heterocycles. The number of hydrogen-bond acceptors (Lipinski definition) is 4. The number of hydrogen-bond donors (Lipinski definition) is 0. The van der Waals surface area contributed by atoms with Crippen LogP contribution in [0, 0.1) is 12.8 Å². The first kappa shape index (κ1) is 15.8. The average molecular weight is 363 g/mol. The first-order chi connectivity index (χ1) is 12.7. The standard InChI is InChI=1S/C21H21N3OS/c1-14-6-7-18-19(10-14)26-21(22-18)24-12-17(13-24)20(25)23-9-8-15-4-2-3-5-16(15)11-23/h2-7,10,17H,8-9,11-13H2,1H3. The van der Waals surface area contributed by atoms with Crippen molar-refractivity contribution in [3.05, 3.63) is 59.2 Å². The van der Waals surface area contributed by atoms with Crippen molar-refractivity contribution in [2.75, 3.05) is 24.5 Å². The lowest BCUT2D eigenvalue weighted by atomic mass is 9.95. The summed E-state index contributed by atoms with van der Waals surface area (Å²) in [5.74, 6) is 0.404. The van der Waals surface area contributed by atoms with Gasteiger partial charge in [-0.3, -0.25) is 4.79 Å². The lowest BCUT2D eigenvalue weighted by Crippen LogP contribution is -2.55. The lowest BCUT2D eigenvalue weighted by molar-refractivity contribution is -0.137. The molecule has 5 heteroatoms. The van der Waals surface area contributed by atoms with Crippen LogP contribution in [0.2, 0.25) is 0 Å². The van der Waals surface area contributed by atoms with Crippen LogP contribution in [0.4, 0.5) is 5.13 Å². The van der Waals surface area contributed by atoms with E-state index in [1.807, 2.05) is 4.90 Å². The molecule has 0 saturated carbocycles. The summed E-state index contributed by atoms with van der Waals surface area (Å²) in [5.41, 5.74) is 4.99. The number of rotatable bonds is 2. The zero-order valence-electron chi connectivity index (χ0n) is 14.8. The van der Waals surface area contributed by atoms with Crippen molar-refractivity contribution in [1.29, 1.82) is 0 Å². The third-order valence-corrected chi connectivity index (χ3v) is 6.56. The van der Waals surface area contributed by atoms with Gasteiger partial charge in [-0.1, -0.05) is 41.7 Å². The smallest absolute Gasteiger partial charge is 0.229 e. The molecule has 1 saturated heterocycles. The second kappa shape index (κ2) is 6.09. The highest BCUT2D eigenvalue weighted by Crippen LogP contribution is 2.34. The Labute approximate surface area is 157 Å². The molecular formula is C21H21N3OS. The van der Waals surface area contributed by atoms with Crippen LogP contribution in [0.5, 0.6) is 0 Å². The molecule has 0 spiro atoms. The van der Waals surface area contributed by atoms with E-state index >= 15 is 0 Å². The summed E-state index contributed by atoms with van der Waals surface area (Å²) in [7, 11) is 0. The summed E-state index contributed by atoms with van der Waals surface area (Å²) in [4.78, 5) is 21.9. The van der Waals surface area contributed by atoms with E-state index < -0.39 is 0 Å². The second-order valence-corrected chi connectivity index (χ2v) is 8.36. The number of carbonyl (C=O) groups is 1. The monoisotopic (exact) mass is 363 g/mol. The lowest BCUT2D eigenvalue weighted by Gasteiger charge is -2.41. The minimum absolute atomic E-state index is 0.106. The van der Waals surface area contributed by atoms with Gasteiger partial charge in [0.25, 0.3) is 0 Å². The van der Waals surface area contributed by atoms with E-state index in [2.05, 4.69) is 54.3 Å². The number of aromatic nitrogens is 1. The van der Waals surface area contributed by atoms with Gasteiger partial charge >= 0.3 is 0 Å². The van der Waals surface area contributed by atoms with Gasteiger partial charge in [0, 0.05) is 26.2 Å². The van der Waals surface area contributed by atoms with Crippen LogP contribution in [0.1, 0.15) is 16.7 Å². The fourth-order valence-electron chi connectivity index (χ4n) is 3.89. The number of carbonyl (C=O) groups excluding carboxylic acids is 1. The number of amides is 1. The summed E-state index contributed by atoms with van der Waals surface area (Å²) < 4.78 is 1.22. The summed E-state index contributed by atoms with van der Waals surface area (Å²) in [6.45, 7) is 5.28. The quantitative estimate of drug-likeness (QED) is 0.698. The molecule has 1 amide bonds. The number of fused-ring (bicyclic) bond motifs is 2. The van der Waals surface area contributed by atoms with Crippen molar-refractivity contribution in [1.82, 2.24) is 9.88 Å². The highest BCUT2D eigenvalue weighted by molar-refractivity contribution is 7.22. The Morgan fingerprint density at radius 2 is 1.96 bits per heavy atom. The Morgan fingerprint density at radius 3 is 2.81 bits per heavy atom. The summed E-state index contributed by atoms with van der Waals surface area (Å²) in [5, 5.41) is 1.04. The van der Waals surface area contributed by atoms with Crippen LogP contribution >= 0.6 is 11.3 Å². The second-order valence-electron chi connectivity index (χ2n) is 7.35. The zero-order chi connectivity index (χ0) is 17.7. The molecule has 132 valence electrons. The fourth-order valence-corrected chi connectivity index (χ4v) is 4.97. The molecule has 0 aliphatic carbocycles. The molecule has 2 aliphatic heterocycles. The SMILES string of the molecule is Cc1ccc2nc(N3CC(C(=O)N4CCc5ccccc5C4)C3)sc2c1. The summed E-state index contributed by atoms with van der Waals surface area (Å²) in [6, 6.07) is 14.8. The van der Waals surface area contributed by atoms with Gasteiger partial charge in [0.05, 0.1) is 16.1 Å². The zero-order valence-corrected chi connectivity index (χ0v) is 15.6. The Bertz CT molecular complexity index is 990. The van der Waals surface area contributed by atoms with Crippen LogP contribution in [0.15, 0.2) is 42.5 Å². The van der Waals surface area contributed by atoms with E-state index in [0.717, 1.165) is 43.2 Å². The van der Waals surface area contributed by atoms with Gasteiger partial charge in [0.2, 0.25) is 5.91 Å². The van der Waals surface area contributed by atoms with Crippen molar-refractivity contribution in [3.63, 3.8) is 0 Å². The topological polar surface area (TPSA) is 36.4 Å². The maximum Gasteiger partial charge on any atom is 0.229 e. The van der Waals surface area contributed by atoms with Crippen molar-refractivity contribution in [2.45, 2.75) is 19.9 Å². The van der Waals surface area contributed by atoms with E-state index in [1.54, 1.807) is 11.3 Å². The summed E-state index contributed by atoms with van der Waals surface area (Å²) >= 11 is 1.73. The maximum atomic E-state index is 12.9. The number of thiazole rings is 1. The molecule has 0 N–H and O–H groups in total. The summed E-state index contributed by atoms with van der Waals surface area (Å²) in [6.07, 6.45) is 0.968. The highest BCUT2D eigenvalue weighted by atomic mass is 32.1. The Hall–Kier alpha value is -2.40. The molecule has 0 radical (unpaired) electrons. The fraction of sp³-hybridized carbons (Fsp3) is 0.333. The third kappa shape index (κ3) is 2.67. The minimum Gasteiger partial charge on any atom is -0.346 e. The predicted molar refractivity (Wildman–Crippen MR) is 106 cm³/mol. The number of benzene rings is 2. The van der Waals surface area contributed by atoms with E-state index in [-0.39, 0.29) is 5.92 Å². The number of anilines is 1. The van der Waals surface area contributed by atoms with E-state index in [9.17, 15) is 4.79 Å². The first-order valence-corrected chi connectivity index (χ1v) is 9.97. The molecule has 1 fully saturated rings. The molecule has 0 unspecified atom stereocenters. The van der Waals surface area contributed by atoms with E-state index in [0.29, 0.717) is 5.91 Å². The van der Waals surface area contributed by atoms with Gasteiger partial charge < -0.3 is 9.80 Å². The highest BCUT2D eigenvalue weighted by Gasteiger charge is 2.37. The van der Waals surface area contributed by atoms with Crippen LogP contribution in [-0.2, 0) is 17.8 Å². The van der Waals surface area contributed by atoms with Crippen LogP contribution in [-0.4, -0.2) is 35.4 Å². The van der Waals surface area contributed by atoms with Gasteiger partial charge in [0.15, 0.2) is 5.13 Å². The molecule has 0 atom stereocenters. The van der Waals surface area contributed by atoms with Crippen molar-refractivity contribution in [3.8, 4) is 0 Å². The third-order valence-electron chi connectivity index (χ3n) is 5.48. The normalized spacial score (nSPS) is 17.3. The van der Waals surface area contributed by atoms with Gasteiger partial charge in [-0.15, -0.1) is 0 Å². The molecule has 4 nitrogen and oxygen atoms in total. The van der Waals surface area contributed by atoms with Crippen LogP contribution in [0.3, 0.4) is 0 Å². The average Bonchev–Trinajstić information content (AvgIpc) is 3.02. The molecule has 5 rings (SSSR count). The van der Waals surface area contributed by atoms with Crippen LogP contribution in [0.25, 0.3) is 10.2 Å². The van der Waals surface area contributed by atoms with E-state index in [4.69, 9.17) is 4.98 Å². The minimum atomic E-state index is 0.106. The Morgan fingerprint density at radius 1 is 1.15 bits per heavy atom. The Balaban J connectivity index is 1.25. The molecule has 2 aliphatic rings. The Kier molecular flexibility index (Phi) is 3.71. The molecule has 0 bridgehead atoms. The largest absolute Gasteiger partial charge is 0.346 e. The van der Waals surface area contributed by atoms with Gasteiger partial charge in [0.1, 0.15) is 0 Å². The molecular weight excluding hydrogens is 342 g/mol. The number of aryl methyl sites for hydroxylation is 1. The molecule has 3 heterocycles. The number of nitrogens with zero attached hydrogens (tertiary/aromatic N) is 3. The van der Waals surface area contributed by atoms with Crippen molar-refractivity contribution < 1.29 is 4.79 Å². The molecule has 26 heavy (non-hydrogen) atoms. The van der Waals surface area contributed by atoms with Crippen molar-refractivity contribution >= 4 is 32.6 Å². The van der Waals surface area contributed by atoms with E-state index in [1.165, 1.54) is 21.4 Å². The molecule has 3 aromatic rings. The maximum absolute atomic E-state index is 12.9. The van der Waals surface area contributed by atoms with Crippen LogP contribution < -0.4 is 4.90 Å².